The maximum Gasteiger partial charge on any atom is 0.0701 e. The van der Waals surface area contributed by atoms with Crippen LogP contribution in [0.2, 0.25) is 0 Å². The molecule has 0 unspecified atom stereocenters. The van der Waals surface area contributed by atoms with E-state index >= 15 is 0 Å². The standard InChI is InChI=1S/C7H16O4.C2H6O/c1-9-4-5-11-7-6-10-3-2-8;1-3-2/h8H,2-7H2,1H3;1-2H3. The van der Waals surface area contributed by atoms with Gasteiger partial charge in [-0.2, -0.15) is 0 Å². The molecule has 0 aliphatic rings. The van der Waals surface area contributed by atoms with E-state index < -0.39 is 0 Å². The van der Waals surface area contributed by atoms with Crippen LogP contribution in [-0.2, 0) is 18.9 Å². The van der Waals surface area contributed by atoms with Gasteiger partial charge < -0.3 is 24.1 Å². The molecule has 1 N–H and O–H groups in total. The van der Waals surface area contributed by atoms with Gasteiger partial charge in [-0.3, -0.25) is 0 Å². The minimum Gasteiger partial charge on any atom is -0.394 e. The number of aliphatic hydroxyl groups excluding tert-OH is 1. The SMILES string of the molecule is COC.COCCOCCOCCO. The Labute approximate surface area is 85.9 Å². The van der Waals surface area contributed by atoms with Crippen LogP contribution in [0, 0.1) is 0 Å². The van der Waals surface area contributed by atoms with E-state index in [9.17, 15) is 0 Å². The Morgan fingerprint density at radius 2 is 1.21 bits per heavy atom. The highest BCUT2D eigenvalue weighted by Crippen LogP contribution is 1.78. The van der Waals surface area contributed by atoms with E-state index in [0.29, 0.717) is 33.0 Å². The van der Waals surface area contributed by atoms with Crippen molar-refractivity contribution in [1.29, 1.82) is 0 Å². The molecule has 0 spiro atoms. The van der Waals surface area contributed by atoms with E-state index in [1.165, 1.54) is 0 Å². The number of rotatable bonds is 8. The number of aliphatic hydroxyl groups is 1. The van der Waals surface area contributed by atoms with Crippen molar-refractivity contribution < 1.29 is 24.1 Å². The van der Waals surface area contributed by atoms with Crippen molar-refractivity contribution in [3.8, 4) is 0 Å². The van der Waals surface area contributed by atoms with Crippen molar-refractivity contribution in [1.82, 2.24) is 0 Å². The molecule has 0 bridgehead atoms. The predicted octanol–water partition coefficient (Wildman–Crippen LogP) is -0.0791. The summed E-state index contributed by atoms with van der Waals surface area (Å²) in [6.07, 6.45) is 0. The van der Waals surface area contributed by atoms with Crippen molar-refractivity contribution in [2.45, 2.75) is 0 Å². The summed E-state index contributed by atoms with van der Waals surface area (Å²) >= 11 is 0. The minimum absolute atomic E-state index is 0.0675. The Morgan fingerprint density at radius 1 is 0.786 bits per heavy atom. The van der Waals surface area contributed by atoms with Gasteiger partial charge in [-0.25, -0.2) is 0 Å². The van der Waals surface area contributed by atoms with Crippen LogP contribution in [0.25, 0.3) is 0 Å². The van der Waals surface area contributed by atoms with Crippen LogP contribution in [-0.4, -0.2) is 66.1 Å². The van der Waals surface area contributed by atoms with Gasteiger partial charge in [0.15, 0.2) is 0 Å². The molecule has 5 nitrogen and oxygen atoms in total. The van der Waals surface area contributed by atoms with Gasteiger partial charge in [0.05, 0.1) is 39.6 Å². The molecule has 0 fully saturated rings. The summed E-state index contributed by atoms with van der Waals surface area (Å²) in [6, 6.07) is 0. The van der Waals surface area contributed by atoms with Crippen molar-refractivity contribution in [2.24, 2.45) is 0 Å². The molecule has 5 heteroatoms. The smallest absolute Gasteiger partial charge is 0.0701 e. The Balaban J connectivity index is 0. The molecule has 0 aliphatic heterocycles. The van der Waals surface area contributed by atoms with Crippen LogP contribution >= 0.6 is 0 Å². The number of ether oxygens (including phenoxy) is 4. The second-order valence-electron chi connectivity index (χ2n) is 2.35. The molecule has 88 valence electrons. The Morgan fingerprint density at radius 3 is 1.64 bits per heavy atom. The molecule has 0 radical (unpaired) electrons. The average molecular weight is 210 g/mol. The second kappa shape index (κ2) is 18.6. The summed E-state index contributed by atoms with van der Waals surface area (Å²) in [7, 11) is 4.88. The monoisotopic (exact) mass is 210 g/mol. The lowest BCUT2D eigenvalue weighted by Gasteiger charge is -2.03. The molecule has 0 saturated heterocycles. The van der Waals surface area contributed by atoms with Crippen molar-refractivity contribution >= 4 is 0 Å². The normalized spacial score (nSPS) is 9.43. The fourth-order valence-corrected chi connectivity index (χ4v) is 0.529. The maximum atomic E-state index is 8.32. The molecule has 0 saturated carbocycles. The van der Waals surface area contributed by atoms with E-state index in [0.717, 1.165) is 0 Å². The molecular formula is C9H22O5. The summed E-state index contributed by atoms with van der Waals surface area (Å²) in [5.74, 6) is 0. The molecule has 0 amide bonds. The topological polar surface area (TPSA) is 57.2 Å². The maximum absolute atomic E-state index is 8.32. The van der Waals surface area contributed by atoms with Crippen molar-refractivity contribution in [3.05, 3.63) is 0 Å². The lowest BCUT2D eigenvalue weighted by atomic mass is 10.7. The number of methoxy groups -OCH3 is 2. The van der Waals surface area contributed by atoms with E-state index in [-0.39, 0.29) is 6.61 Å². The van der Waals surface area contributed by atoms with Crippen LogP contribution in [0.1, 0.15) is 0 Å². The summed E-state index contributed by atoms with van der Waals surface area (Å²) in [5, 5.41) is 8.32. The van der Waals surface area contributed by atoms with Crippen LogP contribution in [0.3, 0.4) is 0 Å². The molecule has 0 rings (SSSR count). The van der Waals surface area contributed by atoms with Gasteiger partial charge in [0, 0.05) is 21.3 Å². The quantitative estimate of drug-likeness (QED) is 0.568. The Kier molecular flexibility index (Phi) is 21.5. The Hall–Kier alpha value is -0.200. The summed E-state index contributed by atoms with van der Waals surface area (Å²) in [5.41, 5.74) is 0. The molecule has 0 aromatic carbocycles. The van der Waals surface area contributed by atoms with Crippen LogP contribution in [0.15, 0.2) is 0 Å². The first-order valence-electron chi connectivity index (χ1n) is 4.48. The lowest BCUT2D eigenvalue weighted by molar-refractivity contribution is 0.0159. The Bertz CT molecular complexity index is 71.6. The van der Waals surface area contributed by atoms with E-state index in [4.69, 9.17) is 19.3 Å². The highest BCUT2D eigenvalue weighted by Gasteiger charge is 1.87. The average Bonchev–Trinajstić information content (AvgIpc) is 2.18. The molecular weight excluding hydrogens is 188 g/mol. The first kappa shape index (κ1) is 16.2. The van der Waals surface area contributed by atoms with E-state index in [1.54, 1.807) is 21.3 Å². The van der Waals surface area contributed by atoms with Crippen molar-refractivity contribution in [3.63, 3.8) is 0 Å². The van der Waals surface area contributed by atoms with Gasteiger partial charge in [0.25, 0.3) is 0 Å². The van der Waals surface area contributed by atoms with Crippen LogP contribution in [0.4, 0.5) is 0 Å². The van der Waals surface area contributed by atoms with Crippen LogP contribution < -0.4 is 0 Å². The molecule has 14 heavy (non-hydrogen) atoms. The summed E-state index contributed by atoms with van der Waals surface area (Å²) in [4.78, 5) is 0. The van der Waals surface area contributed by atoms with E-state index in [2.05, 4.69) is 4.74 Å². The zero-order valence-corrected chi connectivity index (χ0v) is 9.32. The van der Waals surface area contributed by atoms with Crippen LogP contribution in [0.5, 0.6) is 0 Å². The lowest BCUT2D eigenvalue weighted by Crippen LogP contribution is -2.09. The molecule has 0 aliphatic carbocycles. The largest absolute Gasteiger partial charge is 0.394 e. The minimum atomic E-state index is 0.0675. The van der Waals surface area contributed by atoms with Gasteiger partial charge in [0.2, 0.25) is 0 Å². The molecule has 0 atom stereocenters. The predicted molar refractivity (Wildman–Crippen MR) is 53.5 cm³/mol. The molecule has 0 aromatic rings. The number of hydrogen-bond donors (Lipinski definition) is 1. The van der Waals surface area contributed by atoms with Gasteiger partial charge in [-0.15, -0.1) is 0 Å². The molecule has 0 heterocycles. The van der Waals surface area contributed by atoms with E-state index in [1.807, 2.05) is 0 Å². The summed E-state index contributed by atoms with van der Waals surface area (Å²) < 4.78 is 19.0. The third-order valence-electron chi connectivity index (χ3n) is 1.04. The fourth-order valence-electron chi connectivity index (χ4n) is 0.529. The molecule has 0 aromatic heterocycles. The zero-order valence-electron chi connectivity index (χ0n) is 9.32. The van der Waals surface area contributed by atoms with Gasteiger partial charge in [-0.05, 0) is 0 Å². The highest BCUT2D eigenvalue weighted by atomic mass is 16.5. The van der Waals surface area contributed by atoms with Crippen molar-refractivity contribution in [2.75, 3.05) is 61.0 Å². The fraction of sp³-hybridized carbons (Fsp3) is 1.00. The third-order valence-corrected chi connectivity index (χ3v) is 1.04. The van der Waals surface area contributed by atoms with Gasteiger partial charge in [0.1, 0.15) is 0 Å². The summed E-state index contributed by atoms with van der Waals surface area (Å²) in [6.45, 7) is 2.75. The highest BCUT2D eigenvalue weighted by molar-refractivity contribution is 4.31. The second-order valence-corrected chi connectivity index (χ2v) is 2.35. The number of hydrogen-bond acceptors (Lipinski definition) is 5. The first-order valence-corrected chi connectivity index (χ1v) is 4.48. The van der Waals surface area contributed by atoms with Gasteiger partial charge in [-0.1, -0.05) is 0 Å². The first-order chi connectivity index (χ1) is 6.83. The third kappa shape index (κ3) is 22.6. The van der Waals surface area contributed by atoms with Gasteiger partial charge >= 0.3 is 0 Å². The zero-order chi connectivity index (χ0) is 11.1.